The highest BCUT2D eigenvalue weighted by Gasteiger charge is 2.25. The molecule has 0 spiro atoms. The van der Waals surface area contributed by atoms with Crippen molar-refractivity contribution in [2.45, 2.75) is 0 Å². The molecule has 0 fully saturated rings. The van der Waals surface area contributed by atoms with E-state index in [9.17, 15) is 14.4 Å². The van der Waals surface area contributed by atoms with Crippen molar-refractivity contribution in [3.05, 3.63) is 42.5 Å². The second kappa shape index (κ2) is 4.48. The second-order valence-electron chi connectivity index (χ2n) is 3.16. The lowest BCUT2D eigenvalue weighted by molar-refractivity contribution is -0.139. The lowest BCUT2D eigenvalue weighted by Gasteiger charge is -2.14. The molecule has 1 aliphatic heterocycles. The molecule has 86 valence electrons. The number of nitrogens with zero attached hydrogens (tertiary/aromatic N) is 1. The van der Waals surface area contributed by atoms with Crippen LogP contribution in [-0.4, -0.2) is 22.9 Å². The van der Waals surface area contributed by atoms with Gasteiger partial charge in [-0.2, -0.15) is 5.01 Å². The molecule has 0 aliphatic carbocycles. The Morgan fingerprint density at radius 1 is 1.06 bits per heavy atom. The SMILES string of the molecule is O=C(NN1C(=O)C=CC1=O)Oc1ccccc1. The van der Waals surface area contributed by atoms with E-state index in [1.165, 1.54) is 0 Å². The molecule has 0 bridgehead atoms. The molecule has 0 saturated heterocycles. The van der Waals surface area contributed by atoms with Gasteiger partial charge in [0.1, 0.15) is 5.75 Å². The Balaban J connectivity index is 1.94. The van der Waals surface area contributed by atoms with Crippen LogP contribution < -0.4 is 10.2 Å². The minimum atomic E-state index is -0.901. The number of amides is 3. The minimum absolute atomic E-state index is 0.317. The molecule has 2 rings (SSSR count). The number of hydrazine groups is 1. The number of benzene rings is 1. The van der Waals surface area contributed by atoms with E-state index in [1.54, 1.807) is 30.3 Å². The summed E-state index contributed by atoms with van der Waals surface area (Å²) in [6.07, 6.45) is 1.22. The average molecular weight is 232 g/mol. The van der Waals surface area contributed by atoms with E-state index in [1.807, 2.05) is 5.43 Å². The lowest BCUT2D eigenvalue weighted by atomic mass is 10.3. The van der Waals surface area contributed by atoms with Crippen molar-refractivity contribution in [2.24, 2.45) is 0 Å². The lowest BCUT2D eigenvalue weighted by Crippen LogP contribution is -2.47. The molecular formula is C11H8N2O4. The number of carbonyl (C=O) groups is 3. The van der Waals surface area contributed by atoms with Gasteiger partial charge in [-0.1, -0.05) is 18.2 Å². The van der Waals surface area contributed by atoms with Crippen molar-refractivity contribution in [1.29, 1.82) is 0 Å². The fourth-order valence-corrected chi connectivity index (χ4v) is 1.22. The van der Waals surface area contributed by atoms with Crippen molar-refractivity contribution < 1.29 is 19.1 Å². The van der Waals surface area contributed by atoms with Gasteiger partial charge in [0.2, 0.25) is 0 Å². The molecule has 1 N–H and O–H groups in total. The molecule has 1 aliphatic rings. The van der Waals surface area contributed by atoms with E-state index in [4.69, 9.17) is 4.74 Å². The summed E-state index contributed by atoms with van der Waals surface area (Å²) in [5.41, 5.74) is 2.04. The maximum Gasteiger partial charge on any atom is 0.432 e. The van der Waals surface area contributed by atoms with Gasteiger partial charge in [0.15, 0.2) is 0 Å². The Morgan fingerprint density at radius 3 is 2.24 bits per heavy atom. The Kier molecular flexibility index (Phi) is 2.87. The van der Waals surface area contributed by atoms with Gasteiger partial charge in [-0.25, -0.2) is 10.2 Å². The zero-order chi connectivity index (χ0) is 12.3. The molecule has 17 heavy (non-hydrogen) atoms. The van der Waals surface area contributed by atoms with Crippen LogP contribution in [0.1, 0.15) is 0 Å². The number of ether oxygens (including phenoxy) is 1. The van der Waals surface area contributed by atoms with Crippen LogP contribution >= 0.6 is 0 Å². The van der Waals surface area contributed by atoms with E-state index < -0.39 is 17.9 Å². The maximum absolute atomic E-state index is 11.4. The Labute approximate surface area is 96.4 Å². The van der Waals surface area contributed by atoms with Crippen LogP contribution in [0.25, 0.3) is 0 Å². The normalized spacial score (nSPS) is 14.0. The number of hydrogen-bond acceptors (Lipinski definition) is 4. The molecule has 0 unspecified atom stereocenters. The van der Waals surface area contributed by atoms with Crippen LogP contribution in [0.3, 0.4) is 0 Å². The number of carbonyl (C=O) groups excluding carboxylic acids is 3. The summed E-state index contributed by atoms with van der Waals surface area (Å²) in [7, 11) is 0. The van der Waals surface area contributed by atoms with Crippen LogP contribution in [-0.2, 0) is 9.59 Å². The molecular weight excluding hydrogens is 224 g/mol. The van der Waals surface area contributed by atoms with E-state index in [-0.39, 0.29) is 0 Å². The van der Waals surface area contributed by atoms with Crippen LogP contribution in [0.2, 0.25) is 0 Å². The van der Waals surface area contributed by atoms with Crippen molar-refractivity contribution in [1.82, 2.24) is 10.4 Å². The molecule has 0 atom stereocenters. The molecule has 1 aromatic rings. The summed E-state index contributed by atoms with van der Waals surface area (Å²) in [6.45, 7) is 0. The number of imide groups is 1. The first-order valence-corrected chi connectivity index (χ1v) is 4.76. The zero-order valence-electron chi connectivity index (χ0n) is 8.62. The van der Waals surface area contributed by atoms with Gasteiger partial charge in [-0.15, -0.1) is 0 Å². The topological polar surface area (TPSA) is 75.7 Å². The highest BCUT2D eigenvalue weighted by molar-refractivity contribution is 6.13. The summed E-state index contributed by atoms with van der Waals surface area (Å²) in [4.78, 5) is 33.6. The average Bonchev–Trinajstić information content (AvgIpc) is 2.62. The second-order valence-corrected chi connectivity index (χ2v) is 3.16. The van der Waals surface area contributed by atoms with Crippen molar-refractivity contribution in [2.75, 3.05) is 0 Å². The first-order chi connectivity index (χ1) is 8.16. The predicted octanol–water partition coefficient (Wildman–Crippen LogP) is 0.615. The largest absolute Gasteiger partial charge is 0.432 e. The van der Waals surface area contributed by atoms with Gasteiger partial charge in [0, 0.05) is 12.2 Å². The van der Waals surface area contributed by atoms with E-state index in [0.717, 1.165) is 12.2 Å². The molecule has 1 aromatic carbocycles. The van der Waals surface area contributed by atoms with Crippen molar-refractivity contribution >= 4 is 17.9 Å². The molecule has 3 amide bonds. The third kappa shape index (κ3) is 2.49. The Hall–Kier alpha value is -2.63. The van der Waals surface area contributed by atoms with Gasteiger partial charge in [0.05, 0.1) is 0 Å². The molecule has 6 heteroatoms. The maximum atomic E-state index is 11.4. The van der Waals surface area contributed by atoms with E-state index in [2.05, 4.69) is 0 Å². The number of rotatable bonds is 2. The van der Waals surface area contributed by atoms with Gasteiger partial charge < -0.3 is 4.74 Å². The van der Waals surface area contributed by atoms with E-state index >= 15 is 0 Å². The number of nitrogens with one attached hydrogen (secondary N) is 1. The fraction of sp³-hybridized carbons (Fsp3) is 0. The van der Waals surface area contributed by atoms with Gasteiger partial charge in [-0.3, -0.25) is 9.59 Å². The fourth-order valence-electron chi connectivity index (χ4n) is 1.22. The summed E-state index contributed by atoms with van der Waals surface area (Å²) in [6, 6.07) is 8.30. The quantitative estimate of drug-likeness (QED) is 0.758. The Bertz CT molecular complexity index is 477. The summed E-state index contributed by atoms with van der Waals surface area (Å²) in [5.74, 6) is -0.905. The van der Waals surface area contributed by atoms with Crippen LogP contribution in [0.15, 0.2) is 42.5 Å². The summed E-state index contributed by atoms with van der Waals surface area (Å²) >= 11 is 0. The van der Waals surface area contributed by atoms with Gasteiger partial charge >= 0.3 is 6.09 Å². The monoisotopic (exact) mass is 232 g/mol. The summed E-state index contributed by atoms with van der Waals surface area (Å²) in [5, 5.41) is 0.575. The van der Waals surface area contributed by atoms with Crippen molar-refractivity contribution in [3.8, 4) is 5.75 Å². The van der Waals surface area contributed by atoms with Crippen molar-refractivity contribution in [3.63, 3.8) is 0 Å². The van der Waals surface area contributed by atoms with Gasteiger partial charge in [0.25, 0.3) is 11.8 Å². The number of hydrogen-bond donors (Lipinski definition) is 1. The van der Waals surface area contributed by atoms with E-state index in [0.29, 0.717) is 10.8 Å². The highest BCUT2D eigenvalue weighted by atomic mass is 16.6. The standard InChI is InChI=1S/C11H8N2O4/c14-9-6-7-10(15)13(9)12-11(16)17-8-4-2-1-3-5-8/h1-7H,(H,12,16). The first-order valence-electron chi connectivity index (χ1n) is 4.76. The minimum Gasteiger partial charge on any atom is -0.409 e. The molecule has 6 nitrogen and oxygen atoms in total. The van der Waals surface area contributed by atoms with Gasteiger partial charge in [-0.05, 0) is 12.1 Å². The van der Waals surface area contributed by atoms with Crippen LogP contribution in [0, 0.1) is 0 Å². The molecule has 0 radical (unpaired) electrons. The smallest absolute Gasteiger partial charge is 0.409 e. The molecule has 0 aromatic heterocycles. The van der Waals surface area contributed by atoms with Crippen LogP contribution in [0.5, 0.6) is 5.75 Å². The van der Waals surface area contributed by atoms with Crippen LogP contribution in [0.4, 0.5) is 4.79 Å². The highest BCUT2D eigenvalue weighted by Crippen LogP contribution is 2.08. The molecule has 1 heterocycles. The Morgan fingerprint density at radius 2 is 1.65 bits per heavy atom. The summed E-state index contributed by atoms with van der Waals surface area (Å²) < 4.78 is 4.85. The number of para-hydroxylation sites is 1. The third-order valence-corrected chi connectivity index (χ3v) is 1.97. The third-order valence-electron chi connectivity index (χ3n) is 1.97. The zero-order valence-corrected chi connectivity index (χ0v) is 8.62. The first kappa shape index (κ1) is 10.9. The predicted molar refractivity (Wildman–Crippen MR) is 56.6 cm³/mol. The molecule has 0 saturated carbocycles.